The summed E-state index contributed by atoms with van der Waals surface area (Å²) in [6.07, 6.45) is 2.74. The number of carboxylic acids is 2. The van der Waals surface area contributed by atoms with E-state index < -0.39 is 20.4 Å². The lowest BCUT2D eigenvalue weighted by atomic mass is 10.0. The van der Waals surface area contributed by atoms with Gasteiger partial charge in [-0.05, 0) is 12.8 Å². The minimum Gasteiger partial charge on any atom is -0.481 e. The second-order valence-corrected chi connectivity index (χ2v) is 3.86. The Balaban J connectivity index is 4.11. The van der Waals surface area contributed by atoms with Gasteiger partial charge in [0.2, 0.25) is 0 Å². The smallest absolute Gasteiger partial charge is 0.303 e. The maximum Gasteiger partial charge on any atom is 0.303 e. The molecule has 0 saturated heterocycles. The molecule has 0 aromatic rings. The predicted molar refractivity (Wildman–Crippen MR) is 57.1 cm³/mol. The van der Waals surface area contributed by atoms with Crippen molar-refractivity contribution in [3.63, 3.8) is 0 Å². The van der Waals surface area contributed by atoms with E-state index in [1.807, 2.05) is 0 Å². The third kappa shape index (κ3) is 9.22. The Kier molecular flexibility index (Phi) is 7.64. The zero-order valence-corrected chi connectivity index (χ0v) is 9.46. The Morgan fingerprint density at radius 3 is 1.80 bits per heavy atom. The van der Waals surface area contributed by atoms with Crippen LogP contribution in [0.25, 0.3) is 0 Å². The van der Waals surface area contributed by atoms with Gasteiger partial charge in [0.25, 0.3) is 0 Å². The van der Waals surface area contributed by atoms with Gasteiger partial charge in [-0.15, -0.1) is 0 Å². The first kappa shape index (κ1) is 13.9. The number of hydrogen-bond donors (Lipinski definition) is 2. The molecule has 0 spiro atoms. The predicted octanol–water partition coefficient (Wildman–Crippen LogP) is 1.40. The van der Waals surface area contributed by atoms with Crippen LogP contribution in [-0.4, -0.2) is 28.3 Å². The zero-order valence-electron chi connectivity index (χ0n) is 8.31. The van der Waals surface area contributed by atoms with E-state index in [4.69, 9.17) is 10.2 Å². The molecule has 0 aliphatic rings. The minimum absolute atomic E-state index is 0.0142. The number of aliphatic carboxylic acids is 2. The SMILES string of the molecule is O=[PH2]CC=C(CCC(=O)O)CCC(=O)O. The normalized spacial score (nSPS) is 10.4. The van der Waals surface area contributed by atoms with Gasteiger partial charge >= 0.3 is 11.9 Å². The third-order valence-corrected chi connectivity index (χ3v) is 2.25. The molecule has 0 rings (SSSR count). The Morgan fingerprint density at radius 1 is 1.00 bits per heavy atom. The number of rotatable bonds is 8. The van der Waals surface area contributed by atoms with Crippen LogP contribution < -0.4 is 0 Å². The van der Waals surface area contributed by atoms with Crippen LogP contribution in [-0.2, 0) is 14.2 Å². The van der Waals surface area contributed by atoms with Gasteiger partial charge in [0, 0.05) is 19.0 Å². The van der Waals surface area contributed by atoms with Crippen molar-refractivity contribution in [3.05, 3.63) is 11.6 Å². The first-order chi connectivity index (χ1) is 7.06. The van der Waals surface area contributed by atoms with Crippen molar-refractivity contribution in [2.45, 2.75) is 25.7 Å². The van der Waals surface area contributed by atoms with Crippen molar-refractivity contribution in [1.29, 1.82) is 0 Å². The van der Waals surface area contributed by atoms with E-state index in [0.717, 1.165) is 5.57 Å². The lowest BCUT2D eigenvalue weighted by Gasteiger charge is -2.03. The second kappa shape index (κ2) is 8.24. The molecular formula is C9H15O5P. The average Bonchev–Trinajstić information content (AvgIpc) is 2.16. The largest absolute Gasteiger partial charge is 0.481 e. The number of allylic oxidation sites excluding steroid dienone is 2. The van der Waals surface area contributed by atoms with Gasteiger partial charge in [0.15, 0.2) is 0 Å². The summed E-state index contributed by atoms with van der Waals surface area (Å²) in [5, 5.41) is 16.9. The molecule has 0 fully saturated rings. The summed E-state index contributed by atoms with van der Waals surface area (Å²) in [5.74, 6) is -1.82. The highest BCUT2D eigenvalue weighted by Gasteiger charge is 2.04. The van der Waals surface area contributed by atoms with Gasteiger partial charge in [0.05, 0.1) is 8.46 Å². The second-order valence-electron chi connectivity index (χ2n) is 3.05. The molecule has 86 valence electrons. The molecule has 15 heavy (non-hydrogen) atoms. The van der Waals surface area contributed by atoms with Gasteiger partial charge in [-0.25, -0.2) is 0 Å². The van der Waals surface area contributed by atoms with Crippen LogP contribution in [0, 0.1) is 0 Å². The highest BCUT2D eigenvalue weighted by Crippen LogP contribution is 2.13. The van der Waals surface area contributed by atoms with Crippen molar-refractivity contribution in [2.24, 2.45) is 0 Å². The molecular weight excluding hydrogens is 219 g/mol. The van der Waals surface area contributed by atoms with E-state index in [1.165, 1.54) is 0 Å². The van der Waals surface area contributed by atoms with Crippen LogP contribution in [0.5, 0.6) is 0 Å². The van der Waals surface area contributed by atoms with Crippen LogP contribution in [0.15, 0.2) is 11.6 Å². The Hall–Kier alpha value is -1.09. The number of carboxylic acid groups (broad SMARTS) is 2. The Morgan fingerprint density at radius 2 is 1.47 bits per heavy atom. The van der Waals surface area contributed by atoms with Crippen molar-refractivity contribution in [2.75, 3.05) is 6.16 Å². The van der Waals surface area contributed by atoms with Gasteiger partial charge in [-0.1, -0.05) is 11.6 Å². The molecule has 0 aromatic carbocycles. The maximum absolute atomic E-state index is 10.3. The summed E-state index contributed by atoms with van der Waals surface area (Å²) in [4.78, 5) is 20.6. The lowest BCUT2D eigenvalue weighted by Crippen LogP contribution is -1.99. The number of carbonyl (C=O) groups is 2. The molecule has 1 unspecified atom stereocenters. The van der Waals surface area contributed by atoms with Crippen molar-refractivity contribution in [3.8, 4) is 0 Å². The van der Waals surface area contributed by atoms with Crippen LogP contribution in [0.4, 0.5) is 0 Å². The molecule has 0 aliphatic carbocycles. The van der Waals surface area contributed by atoms with Crippen LogP contribution in [0.3, 0.4) is 0 Å². The van der Waals surface area contributed by atoms with Crippen LogP contribution in [0.2, 0.25) is 0 Å². The summed E-state index contributed by atoms with van der Waals surface area (Å²) in [6, 6.07) is 0. The van der Waals surface area contributed by atoms with E-state index in [0.29, 0.717) is 19.0 Å². The fourth-order valence-corrected chi connectivity index (χ4v) is 1.51. The molecule has 2 N–H and O–H groups in total. The van der Waals surface area contributed by atoms with Crippen molar-refractivity contribution < 1.29 is 24.4 Å². The van der Waals surface area contributed by atoms with E-state index >= 15 is 0 Å². The van der Waals surface area contributed by atoms with E-state index in [2.05, 4.69) is 0 Å². The standard InChI is InChI=1S/C9H15O5P/c10-8(11)3-1-7(5-6-15-14)2-4-9(12)13/h5H,1-4,6,15H2,(H,10,11)(H,12,13). The highest BCUT2D eigenvalue weighted by atomic mass is 31.1. The Labute approximate surface area is 89.0 Å². The van der Waals surface area contributed by atoms with E-state index in [-0.39, 0.29) is 12.8 Å². The molecule has 1 atom stereocenters. The monoisotopic (exact) mass is 234 g/mol. The average molecular weight is 234 g/mol. The molecule has 0 radical (unpaired) electrons. The summed E-state index contributed by atoms with van der Waals surface area (Å²) >= 11 is 0. The molecule has 0 aliphatic heterocycles. The van der Waals surface area contributed by atoms with Crippen molar-refractivity contribution >= 4 is 20.4 Å². The van der Waals surface area contributed by atoms with Crippen LogP contribution in [0.1, 0.15) is 25.7 Å². The first-order valence-electron chi connectivity index (χ1n) is 4.61. The number of hydrogen-bond acceptors (Lipinski definition) is 3. The molecule has 0 amide bonds. The minimum atomic E-state index is -0.911. The quantitative estimate of drug-likeness (QED) is 0.489. The molecule has 0 heterocycles. The van der Waals surface area contributed by atoms with Crippen molar-refractivity contribution in [1.82, 2.24) is 0 Å². The molecule has 6 heteroatoms. The van der Waals surface area contributed by atoms with Gasteiger partial charge in [-0.3, -0.25) is 9.59 Å². The molecule has 0 saturated carbocycles. The Bertz CT molecular complexity index is 252. The fraction of sp³-hybridized carbons (Fsp3) is 0.556. The lowest BCUT2D eigenvalue weighted by molar-refractivity contribution is -0.137. The van der Waals surface area contributed by atoms with Gasteiger partial charge < -0.3 is 14.8 Å². The van der Waals surface area contributed by atoms with E-state index in [9.17, 15) is 14.2 Å². The summed E-state index contributed by atoms with van der Waals surface area (Å²) in [7, 11) is -0.898. The molecule has 0 bridgehead atoms. The summed E-state index contributed by atoms with van der Waals surface area (Å²) in [5.41, 5.74) is 0.767. The molecule has 5 nitrogen and oxygen atoms in total. The maximum atomic E-state index is 10.3. The topological polar surface area (TPSA) is 91.7 Å². The third-order valence-electron chi connectivity index (χ3n) is 1.82. The fourth-order valence-electron chi connectivity index (χ4n) is 1.08. The zero-order chi connectivity index (χ0) is 11.7. The summed E-state index contributed by atoms with van der Waals surface area (Å²) in [6.45, 7) is 0. The highest BCUT2D eigenvalue weighted by molar-refractivity contribution is 7.23. The van der Waals surface area contributed by atoms with E-state index in [1.54, 1.807) is 6.08 Å². The first-order valence-corrected chi connectivity index (χ1v) is 5.90. The summed E-state index contributed by atoms with van der Waals surface area (Å²) < 4.78 is 10.3. The van der Waals surface area contributed by atoms with Gasteiger partial charge in [-0.2, -0.15) is 0 Å². The van der Waals surface area contributed by atoms with Crippen LogP contribution >= 0.6 is 8.46 Å². The molecule has 0 aromatic heterocycles. The van der Waals surface area contributed by atoms with Gasteiger partial charge in [0.1, 0.15) is 0 Å².